The molecule has 1 unspecified atom stereocenters. The number of carbonyl (C=O) groups is 1. The molecule has 2 N–H and O–H groups in total. The van der Waals surface area contributed by atoms with Crippen LogP contribution >= 0.6 is 0 Å². The number of hydrogen-bond donors (Lipinski definition) is 1. The molecule has 1 fully saturated rings. The van der Waals surface area contributed by atoms with Crippen LogP contribution in [0.15, 0.2) is 30.3 Å². The highest BCUT2D eigenvalue weighted by Crippen LogP contribution is 2.09. The normalized spacial score (nSPS) is 16.6. The van der Waals surface area contributed by atoms with Gasteiger partial charge in [0, 0.05) is 19.1 Å². The molecule has 4 nitrogen and oxygen atoms in total. The number of carbonyl (C=O) groups excluding carboxylic acids is 1. The van der Waals surface area contributed by atoms with Gasteiger partial charge in [0.25, 0.3) is 0 Å². The second-order valence-corrected chi connectivity index (χ2v) is 4.72. The van der Waals surface area contributed by atoms with E-state index in [1.54, 1.807) is 4.90 Å². The predicted molar refractivity (Wildman–Crippen MR) is 70.3 cm³/mol. The molecule has 0 bridgehead atoms. The summed E-state index contributed by atoms with van der Waals surface area (Å²) in [4.78, 5) is 13.4. The largest absolute Gasteiger partial charge is 0.448 e. The molecule has 0 saturated carbocycles. The molecular formula is C14H20N2O2. The first-order chi connectivity index (χ1) is 8.75. The van der Waals surface area contributed by atoms with Crippen LogP contribution in [0.2, 0.25) is 0 Å². The van der Waals surface area contributed by atoms with Crippen LogP contribution in [-0.4, -0.2) is 36.7 Å². The third-order valence-corrected chi connectivity index (χ3v) is 3.13. The topological polar surface area (TPSA) is 55.6 Å². The van der Waals surface area contributed by atoms with E-state index in [4.69, 9.17) is 10.5 Å². The Kier molecular flexibility index (Phi) is 4.59. The SMILES string of the molecule is NC(COC(=O)N1CCCC1)Cc1ccccc1. The summed E-state index contributed by atoms with van der Waals surface area (Å²) in [6.45, 7) is 1.91. The molecule has 1 aliphatic rings. The quantitative estimate of drug-likeness (QED) is 0.883. The summed E-state index contributed by atoms with van der Waals surface area (Å²) < 4.78 is 5.22. The van der Waals surface area contributed by atoms with Gasteiger partial charge in [0.2, 0.25) is 0 Å². The number of likely N-dealkylation sites (tertiary alicyclic amines) is 1. The van der Waals surface area contributed by atoms with E-state index in [9.17, 15) is 4.79 Å². The van der Waals surface area contributed by atoms with Crippen molar-refractivity contribution in [2.75, 3.05) is 19.7 Å². The highest BCUT2D eigenvalue weighted by atomic mass is 16.6. The lowest BCUT2D eigenvalue weighted by Crippen LogP contribution is -2.34. The van der Waals surface area contributed by atoms with Gasteiger partial charge in [0.1, 0.15) is 6.61 Å². The third-order valence-electron chi connectivity index (χ3n) is 3.13. The average molecular weight is 248 g/mol. The monoisotopic (exact) mass is 248 g/mol. The fraction of sp³-hybridized carbons (Fsp3) is 0.500. The van der Waals surface area contributed by atoms with Crippen LogP contribution in [0.4, 0.5) is 4.79 Å². The Morgan fingerprint density at radius 1 is 1.28 bits per heavy atom. The summed E-state index contributed by atoms with van der Waals surface area (Å²) in [6, 6.07) is 9.86. The van der Waals surface area contributed by atoms with Gasteiger partial charge in [-0.15, -0.1) is 0 Å². The molecule has 2 rings (SSSR count). The van der Waals surface area contributed by atoms with Crippen LogP contribution in [0, 0.1) is 0 Å². The fourth-order valence-corrected chi connectivity index (χ4v) is 2.15. The molecule has 1 atom stereocenters. The molecule has 4 heteroatoms. The number of amides is 1. The zero-order chi connectivity index (χ0) is 12.8. The smallest absolute Gasteiger partial charge is 0.409 e. The van der Waals surface area contributed by atoms with Crippen molar-refractivity contribution in [2.24, 2.45) is 5.73 Å². The predicted octanol–water partition coefficient (Wildman–Crippen LogP) is 1.79. The number of rotatable bonds is 4. The fourth-order valence-electron chi connectivity index (χ4n) is 2.15. The van der Waals surface area contributed by atoms with Crippen molar-refractivity contribution in [2.45, 2.75) is 25.3 Å². The molecule has 1 amide bonds. The van der Waals surface area contributed by atoms with Crippen molar-refractivity contribution in [3.63, 3.8) is 0 Å². The van der Waals surface area contributed by atoms with E-state index in [0.717, 1.165) is 32.4 Å². The summed E-state index contributed by atoms with van der Waals surface area (Å²) in [5.74, 6) is 0. The standard InChI is InChI=1S/C14H20N2O2/c15-13(10-12-6-2-1-3-7-12)11-18-14(17)16-8-4-5-9-16/h1-3,6-7,13H,4-5,8-11,15H2. The maximum absolute atomic E-state index is 11.7. The molecule has 1 heterocycles. The Bertz CT molecular complexity index is 375. The number of benzene rings is 1. The average Bonchev–Trinajstić information content (AvgIpc) is 2.91. The summed E-state index contributed by atoms with van der Waals surface area (Å²) in [6.07, 6.45) is 2.65. The molecule has 98 valence electrons. The molecule has 0 radical (unpaired) electrons. The zero-order valence-electron chi connectivity index (χ0n) is 10.5. The van der Waals surface area contributed by atoms with Crippen molar-refractivity contribution in [3.05, 3.63) is 35.9 Å². The lowest BCUT2D eigenvalue weighted by molar-refractivity contribution is 0.105. The van der Waals surface area contributed by atoms with Gasteiger partial charge in [-0.3, -0.25) is 0 Å². The Morgan fingerprint density at radius 3 is 2.61 bits per heavy atom. The Morgan fingerprint density at radius 2 is 1.94 bits per heavy atom. The number of ether oxygens (including phenoxy) is 1. The number of nitrogens with two attached hydrogens (primary N) is 1. The zero-order valence-corrected chi connectivity index (χ0v) is 10.5. The van der Waals surface area contributed by atoms with Gasteiger partial charge in [0.05, 0.1) is 0 Å². The molecule has 0 spiro atoms. The van der Waals surface area contributed by atoms with Crippen LogP contribution in [0.5, 0.6) is 0 Å². The Balaban J connectivity index is 1.71. The molecule has 1 aromatic carbocycles. The van der Waals surface area contributed by atoms with Gasteiger partial charge in [-0.2, -0.15) is 0 Å². The Labute approximate surface area is 108 Å². The van der Waals surface area contributed by atoms with E-state index in [1.807, 2.05) is 30.3 Å². The minimum atomic E-state index is -0.226. The second kappa shape index (κ2) is 6.40. The van der Waals surface area contributed by atoms with E-state index >= 15 is 0 Å². The number of nitrogens with zero attached hydrogens (tertiary/aromatic N) is 1. The first kappa shape index (κ1) is 12.9. The molecule has 18 heavy (non-hydrogen) atoms. The lowest BCUT2D eigenvalue weighted by Gasteiger charge is -2.17. The van der Waals surface area contributed by atoms with E-state index < -0.39 is 0 Å². The molecular weight excluding hydrogens is 228 g/mol. The molecule has 1 aliphatic heterocycles. The lowest BCUT2D eigenvalue weighted by atomic mass is 10.1. The van der Waals surface area contributed by atoms with E-state index in [0.29, 0.717) is 0 Å². The van der Waals surface area contributed by atoms with Crippen LogP contribution in [0.1, 0.15) is 18.4 Å². The summed E-state index contributed by atoms with van der Waals surface area (Å²) in [5, 5.41) is 0. The van der Waals surface area contributed by atoms with Crippen LogP contribution < -0.4 is 5.73 Å². The van der Waals surface area contributed by atoms with Gasteiger partial charge in [-0.25, -0.2) is 4.79 Å². The minimum absolute atomic E-state index is 0.140. The molecule has 1 aromatic rings. The van der Waals surface area contributed by atoms with Gasteiger partial charge < -0.3 is 15.4 Å². The Hall–Kier alpha value is -1.55. The molecule has 0 aliphatic carbocycles. The van der Waals surface area contributed by atoms with Crippen molar-refractivity contribution in [3.8, 4) is 0 Å². The van der Waals surface area contributed by atoms with E-state index in [-0.39, 0.29) is 18.7 Å². The van der Waals surface area contributed by atoms with Crippen molar-refractivity contribution in [1.29, 1.82) is 0 Å². The highest BCUT2D eigenvalue weighted by molar-refractivity contribution is 5.67. The maximum atomic E-state index is 11.7. The van der Waals surface area contributed by atoms with Gasteiger partial charge in [-0.05, 0) is 24.8 Å². The number of hydrogen-bond acceptors (Lipinski definition) is 3. The maximum Gasteiger partial charge on any atom is 0.409 e. The minimum Gasteiger partial charge on any atom is -0.448 e. The second-order valence-electron chi connectivity index (χ2n) is 4.72. The van der Waals surface area contributed by atoms with Crippen molar-refractivity contribution in [1.82, 2.24) is 4.90 Å². The first-order valence-corrected chi connectivity index (χ1v) is 6.47. The first-order valence-electron chi connectivity index (χ1n) is 6.47. The summed E-state index contributed by atoms with van der Waals surface area (Å²) in [7, 11) is 0. The summed E-state index contributed by atoms with van der Waals surface area (Å²) in [5.41, 5.74) is 7.13. The van der Waals surface area contributed by atoms with E-state index in [2.05, 4.69) is 0 Å². The van der Waals surface area contributed by atoms with Gasteiger partial charge in [0.15, 0.2) is 0 Å². The summed E-state index contributed by atoms with van der Waals surface area (Å²) >= 11 is 0. The van der Waals surface area contributed by atoms with Crippen LogP contribution in [0.3, 0.4) is 0 Å². The molecule has 1 saturated heterocycles. The molecule has 0 aromatic heterocycles. The van der Waals surface area contributed by atoms with Crippen molar-refractivity contribution < 1.29 is 9.53 Å². The van der Waals surface area contributed by atoms with Gasteiger partial charge >= 0.3 is 6.09 Å². The van der Waals surface area contributed by atoms with Crippen molar-refractivity contribution >= 4 is 6.09 Å². The van der Waals surface area contributed by atoms with Gasteiger partial charge in [-0.1, -0.05) is 30.3 Å². The van der Waals surface area contributed by atoms with Crippen LogP contribution in [0.25, 0.3) is 0 Å². The third kappa shape index (κ3) is 3.74. The van der Waals surface area contributed by atoms with Crippen LogP contribution in [-0.2, 0) is 11.2 Å². The van der Waals surface area contributed by atoms with E-state index in [1.165, 1.54) is 5.56 Å². The highest BCUT2D eigenvalue weighted by Gasteiger charge is 2.19.